The number of pyridine rings is 1. The molecule has 5 nitrogen and oxygen atoms in total. The zero-order chi connectivity index (χ0) is 18.2. The fourth-order valence-electron chi connectivity index (χ4n) is 3.00. The van der Waals surface area contributed by atoms with Crippen LogP contribution >= 0.6 is 0 Å². The minimum absolute atomic E-state index is 0.181. The second-order valence-electron chi connectivity index (χ2n) is 6.01. The number of aryl methyl sites for hydroxylation is 1. The lowest BCUT2D eigenvalue weighted by atomic mass is 9.94. The summed E-state index contributed by atoms with van der Waals surface area (Å²) in [6.07, 6.45) is 1.000. The maximum atomic E-state index is 12.7. The summed E-state index contributed by atoms with van der Waals surface area (Å²) in [5, 5.41) is 1.37. The molecule has 1 heterocycles. The molecule has 0 aliphatic carbocycles. The molecule has 130 valence electrons. The second-order valence-corrected chi connectivity index (χ2v) is 7.66. The van der Waals surface area contributed by atoms with Crippen LogP contribution in [0.1, 0.15) is 11.3 Å². The van der Waals surface area contributed by atoms with Crippen molar-refractivity contribution in [1.82, 2.24) is 4.57 Å². The quantitative estimate of drug-likeness (QED) is 0.673. The molecule has 0 spiro atoms. The molecular weight excluding hydrogens is 338 g/mol. The van der Waals surface area contributed by atoms with Gasteiger partial charge in [-0.15, -0.1) is 0 Å². The molecule has 3 rings (SSSR count). The Morgan fingerprint density at radius 2 is 1.60 bits per heavy atom. The number of rotatable bonds is 4. The standard InChI is InChI=1S/C19H19NO4S/c1-13-8-4-5-9-14(13)18-15-10-6-7-11-16(15)19(21)20(2)17(18)12-24-25(3,22)23/h4-11H,12H2,1-3H3. The number of aromatic nitrogens is 1. The molecule has 0 bridgehead atoms. The van der Waals surface area contributed by atoms with Crippen molar-refractivity contribution in [2.24, 2.45) is 7.05 Å². The normalized spacial score (nSPS) is 11.8. The van der Waals surface area contributed by atoms with E-state index in [2.05, 4.69) is 0 Å². The fraction of sp³-hybridized carbons (Fsp3) is 0.211. The molecule has 0 unspecified atom stereocenters. The Bertz CT molecular complexity index is 1110. The van der Waals surface area contributed by atoms with Gasteiger partial charge in [-0.1, -0.05) is 42.5 Å². The minimum atomic E-state index is -3.63. The van der Waals surface area contributed by atoms with Crippen LogP contribution in [0.3, 0.4) is 0 Å². The predicted molar refractivity (Wildman–Crippen MR) is 99.0 cm³/mol. The van der Waals surface area contributed by atoms with E-state index in [1.807, 2.05) is 49.4 Å². The lowest BCUT2D eigenvalue weighted by molar-refractivity contribution is 0.302. The van der Waals surface area contributed by atoms with Crippen LogP contribution in [-0.4, -0.2) is 19.2 Å². The first kappa shape index (κ1) is 17.4. The van der Waals surface area contributed by atoms with Gasteiger partial charge in [-0.05, 0) is 29.5 Å². The van der Waals surface area contributed by atoms with Crippen molar-refractivity contribution in [3.63, 3.8) is 0 Å². The topological polar surface area (TPSA) is 65.4 Å². The summed E-state index contributed by atoms with van der Waals surface area (Å²) < 4.78 is 29.4. The highest BCUT2D eigenvalue weighted by Gasteiger charge is 2.18. The lowest BCUT2D eigenvalue weighted by Crippen LogP contribution is -2.23. The molecule has 0 N–H and O–H groups in total. The molecule has 25 heavy (non-hydrogen) atoms. The van der Waals surface area contributed by atoms with Crippen molar-refractivity contribution in [3.05, 3.63) is 70.1 Å². The summed E-state index contributed by atoms with van der Waals surface area (Å²) in [6, 6.07) is 15.1. The van der Waals surface area contributed by atoms with Crippen molar-refractivity contribution >= 4 is 20.9 Å². The summed E-state index contributed by atoms with van der Waals surface area (Å²) in [6.45, 7) is 1.79. The van der Waals surface area contributed by atoms with E-state index in [0.29, 0.717) is 11.1 Å². The highest BCUT2D eigenvalue weighted by molar-refractivity contribution is 7.85. The van der Waals surface area contributed by atoms with Crippen molar-refractivity contribution in [2.45, 2.75) is 13.5 Å². The molecule has 6 heteroatoms. The average molecular weight is 357 g/mol. The molecule has 2 aromatic carbocycles. The molecule has 0 aliphatic rings. The average Bonchev–Trinajstić information content (AvgIpc) is 2.57. The summed E-state index contributed by atoms with van der Waals surface area (Å²) in [7, 11) is -1.99. The Morgan fingerprint density at radius 1 is 1.00 bits per heavy atom. The predicted octanol–water partition coefficient (Wildman–Crippen LogP) is 2.99. The Kier molecular flexibility index (Phi) is 4.49. The number of fused-ring (bicyclic) bond motifs is 1. The second kappa shape index (κ2) is 6.46. The van der Waals surface area contributed by atoms with Crippen LogP contribution in [0.4, 0.5) is 0 Å². The van der Waals surface area contributed by atoms with Gasteiger partial charge in [-0.2, -0.15) is 8.42 Å². The van der Waals surface area contributed by atoms with E-state index < -0.39 is 10.1 Å². The van der Waals surface area contributed by atoms with Crippen LogP contribution in [0.2, 0.25) is 0 Å². The van der Waals surface area contributed by atoms with E-state index in [1.165, 1.54) is 4.57 Å². The maximum Gasteiger partial charge on any atom is 0.264 e. The molecule has 0 atom stereocenters. The largest absolute Gasteiger partial charge is 0.312 e. The van der Waals surface area contributed by atoms with E-state index in [4.69, 9.17) is 4.18 Å². The van der Waals surface area contributed by atoms with Gasteiger partial charge in [0.2, 0.25) is 0 Å². The third-order valence-corrected chi connectivity index (χ3v) is 4.80. The third kappa shape index (κ3) is 3.36. The molecular formula is C19H19NO4S. The number of hydrogen-bond acceptors (Lipinski definition) is 4. The molecule has 0 saturated heterocycles. The highest BCUT2D eigenvalue weighted by Crippen LogP contribution is 2.33. The lowest BCUT2D eigenvalue weighted by Gasteiger charge is -2.18. The van der Waals surface area contributed by atoms with Gasteiger partial charge in [0.05, 0.1) is 11.9 Å². The smallest absolute Gasteiger partial charge is 0.264 e. The minimum Gasteiger partial charge on any atom is -0.312 e. The molecule has 3 aromatic rings. The van der Waals surface area contributed by atoms with Crippen LogP contribution in [0.25, 0.3) is 21.9 Å². The van der Waals surface area contributed by atoms with Gasteiger partial charge in [0, 0.05) is 18.0 Å². The van der Waals surface area contributed by atoms with E-state index in [1.54, 1.807) is 13.1 Å². The fourth-order valence-corrected chi connectivity index (χ4v) is 3.33. The Balaban J connectivity index is 2.40. The van der Waals surface area contributed by atoms with Crippen molar-refractivity contribution in [2.75, 3.05) is 6.26 Å². The van der Waals surface area contributed by atoms with Gasteiger partial charge in [-0.3, -0.25) is 8.98 Å². The van der Waals surface area contributed by atoms with Crippen molar-refractivity contribution < 1.29 is 12.6 Å². The number of hydrogen-bond donors (Lipinski definition) is 0. The molecule has 0 radical (unpaired) electrons. The van der Waals surface area contributed by atoms with Gasteiger partial charge in [0.15, 0.2) is 0 Å². The maximum absolute atomic E-state index is 12.7. The molecule has 0 fully saturated rings. The number of benzene rings is 2. The zero-order valence-electron chi connectivity index (χ0n) is 14.3. The van der Waals surface area contributed by atoms with Crippen LogP contribution < -0.4 is 5.56 Å². The zero-order valence-corrected chi connectivity index (χ0v) is 15.1. The van der Waals surface area contributed by atoms with Gasteiger partial charge >= 0.3 is 0 Å². The van der Waals surface area contributed by atoms with Crippen LogP contribution in [0.15, 0.2) is 53.3 Å². The van der Waals surface area contributed by atoms with Crippen LogP contribution in [0, 0.1) is 6.92 Å². The summed E-state index contributed by atoms with van der Waals surface area (Å²) in [5.41, 5.74) is 3.15. The Labute approximate surface area is 146 Å². The highest BCUT2D eigenvalue weighted by atomic mass is 32.2. The molecule has 0 saturated carbocycles. The van der Waals surface area contributed by atoms with Gasteiger partial charge < -0.3 is 4.57 Å². The first-order valence-corrected chi connectivity index (χ1v) is 9.62. The summed E-state index contributed by atoms with van der Waals surface area (Å²) in [5.74, 6) is 0. The van der Waals surface area contributed by atoms with Gasteiger partial charge in [-0.25, -0.2) is 0 Å². The summed E-state index contributed by atoms with van der Waals surface area (Å²) >= 11 is 0. The van der Waals surface area contributed by atoms with E-state index in [-0.39, 0.29) is 12.2 Å². The van der Waals surface area contributed by atoms with Gasteiger partial charge in [0.1, 0.15) is 6.61 Å². The first-order chi connectivity index (χ1) is 11.8. The Hall–Kier alpha value is -2.44. The first-order valence-electron chi connectivity index (χ1n) is 7.80. The molecule has 1 aromatic heterocycles. The van der Waals surface area contributed by atoms with Crippen molar-refractivity contribution in [3.8, 4) is 11.1 Å². The molecule has 0 aliphatic heterocycles. The van der Waals surface area contributed by atoms with E-state index in [0.717, 1.165) is 28.3 Å². The van der Waals surface area contributed by atoms with E-state index in [9.17, 15) is 13.2 Å². The third-order valence-electron chi connectivity index (χ3n) is 4.25. The summed E-state index contributed by atoms with van der Waals surface area (Å²) in [4.78, 5) is 12.7. The van der Waals surface area contributed by atoms with Crippen LogP contribution in [-0.2, 0) is 28.0 Å². The Morgan fingerprint density at radius 3 is 2.24 bits per heavy atom. The SMILES string of the molecule is Cc1ccccc1-c1c(COS(C)(=O)=O)n(C)c(=O)c2ccccc12. The number of nitrogens with zero attached hydrogens (tertiary/aromatic N) is 1. The monoisotopic (exact) mass is 357 g/mol. The van der Waals surface area contributed by atoms with Crippen molar-refractivity contribution in [1.29, 1.82) is 0 Å². The van der Waals surface area contributed by atoms with Crippen LogP contribution in [0.5, 0.6) is 0 Å². The van der Waals surface area contributed by atoms with Gasteiger partial charge in [0.25, 0.3) is 15.7 Å². The van der Waals surface area contributed by atoms with E-state index >= 15 is 0 Å². The molecule has 0 amide bonds.